The number of nitrogens with zero attached hydrogens (tertiary/aromatic N) is 2. The second-order valence-corrected chi connectivity index (χ2v) is 18.1. The number of Topliss-reactive ketones (excluding diaryl/α,β-unsaturated/α-hetero) is 1. The predicted molar refractivity (Wildman–Crippen MR) is 261 cm³/mol. The van der Waals surface area contributed by atoms with E-state index in [0.717, 1.165) is 23.7 Å². The largest absolute Gasteiger partial charge is 0.370 e. The SMILES string of the molecule is CC(=O)N[C@H]1CCC(=O)CCCC[C@@H](C(=O)N2CCC[C@H]2C)NC(=O)[C@H](Cc2c[nH]c3ccccc23)NC(=O)[C@H](CCCN=C(N)N)NC(=O)[C@@H](Cc2ccccc2)NC(=O)[C@H](CCC(N)=O)NC1=O. The summed E-state index contributed by atoms with van der Waals surface area (Å²) in [5.41, 5.74) is 18.7. The molecule has 0 unspecified atom stereocenters. The lowest BCUT2D eigenvalue weighted by molar-refractivity contribution is -0.138. The molecule has 2 aliphatic rings. The zero-order chi connectivity index (χ0) is 50.7. The number of amides is 8. The van der Waals surface area contributed by atoms with Gasteiger partial charge in [0, 0.05) is 75.3 Å². The van der Waals surface area contributed by atoms with Gasteiger partial charge in [-0.2, -0.15) is 0 Å². The van der Waals surface area contributed by atoms with E-state index in [9.17, 15) is 43.2 Å². The van der Waals surface area contributed by atoms with Gasteiger partial charge in [-0.15, -0.1) is 0 Å². The number of nitrogens with one attached hydrogen (secondary N) is 7. The lowest BCUT2D eigenvalue weighted by Crippen LogP contribution is -2.60. The van der Waals surface area contributed by atoms with Crippen molar-refractivity contribution in [3.8, 4) is 0 Å². The van der Waals surface area contributed by atoms with Crippen LogP contribution in [0.15, 0.2) is 65.8 Å². The van der Waals surface area contributed by atoms with Crippen LogP contribution in [0.3, 0.4) is 0 Å². The molecule has 0 aliphatic carbocycles. The Morgan fingerprint density at radius 3 is 2.00 bits per heavy atom. The minimum atomic E-state index is -1.44. The van der Waals surface area contributed by atoms with Crippen molar-refractivity contribution in [1.29, 1.82) is 0 Å². The Hall–Kier alpha value is -7.32. The molecule has 13 N–H and O–H groups in total. The molecule has 0 saturated carbocycles. The van der Waals surface area contributed by atoms with Crippen LogP contribution in [-0.4, -0.2) is 124 Å². The average molecular weight is 969 g/mol. The molecule has 2 aromatic carbocycles. The maximum Gasteiger partial charge on any atom is 0.245 e. The van der Waals surface area contributed by atoms with Gasteiger partial charge in [0.05, 0.1) is 0 Å². The molecule has 21 heteroatoms. The summed E-state index contributed by atoms with van der Waals surface area (Å²) in [6.45, 7) is 3.72. The van der Waals surface area contributed by atoms with E-state index in [1.807, 2.05) is 31.2 Å². The van der Waals surface area contributed by atoms with Gasteiger partial charge >= 0.3 is 0 Å². The number of ketones is 1. The Morgan fingerprint density at radius 2 is 1.33 bits per heavy atom. The van der Waals surface area contributed by atoms with Crippen molar-refractivity contribution in [1.82, 2.24) is 41.8 Å². The number of H-pyrrole nitrogens is 1. The summed E-state index contributed by atoms with van der Waals surface area (Å²) in [6.07, 6.45) is 3.42. The Balaban J connectivity index is 1.56. The lowest BCUT2D eigenvalue weighted by atomic mass is 10.00. The first-order valence-electron chi connectivity index (χ1n) is 24.0. The highest BCUT2D eigenvalue weighted by molar-refractivity contribution is 5.98. The van der Waals surface area contributed by atoms with E-state index in [2.05, 4.69) is 41.9 Å². The summed E-state index contributed by atoms with van der Waals surface area (Å²) in [5, 5.41) is 17.2. The molecule has 3 heterocycles. The first-order valence-corrected chi connectivity index (χ1v) is 24.0. The zero-order valence-electron chi connectivity index (χ0n) is 39.9. The number of aromatic amines is 1. The van der Waals surface area contributed by atoms with Crippen LogP contribution >= 0.6 is 0 Å². The molecular weight excluding hydrogens is 901 g/mol. The highest BCUT2D eigenvalue weighted by Gasteiger charge is 2.36. The molecule has 5 rings (SSSR count). The zero-order valence-corrected chi connectivity index (χ0v) is 39.9. The number of likely N-dealkylation sites (tertiary alicyclic amines) is 1. The summed E-state index contributed by atoms with van der Waals surface area (Å²) in [5.74, 6) is -5.97. The van der Waals surface area contributed by atoms with Gasteiger partial charge in [-0.05, 0) is 75.5 Å². The number of guanidine groups is 1. The Morgan fingerprint density at radius 1 is 0.700 bits per heavy atom. The second kappa shape index (κ2) is 26.4. The standard InChI is InChI=1S/C49H68N12O9/c1-29-12-11-25-61(29)48(70)39-18-8-6-15-33(63)20-21-37(55-30(2)62)44(66)57-38(22-23-42(50)64)45(67)59-40(26-31-13-4-3-5-14-31)46(68)56-36(19-10-24-53-49(51)52)43(65)60-41(47(69)58-39)27-32-28-54-35-17-9-7-16-34(32)35/h3-5,7,9,13-14,16-17,28-29,36-41,54H,6,8,10-12,15,18-27H2,1-2H3,(H2,50,64)(H,55,62)(H,56,68)(H,57,66)(H,58,69)(H,59,67)(H,60,65)(H4,51,52,53)/t29-,36+,37+,38+,39+,40-,41+/m1/s1. The minimum absolute atomic E-state index is 0.0175. The predicted octanol–water partition coefficient (Wildman–Crippen LogP) is 0.135. The van der Waals surface area contributed by atoms with Crippen LogP contribution in [0.2, 0.25) is 0 Å². The van der Waals surface area contributed by atoms with Crippen molar-refractivity contribution in [3.05, 3.63) is 71.9 Å². The summed E-state index contributed by atoms with van der Waals surface area (Å²) < 4.78 is 0. The van der Waals surface area contributed by atoms with Crippen LogP contribution in [-0.2, 0) is 56.0 Å². The number of hydrogen-bond acceptors (Lipinski definition) is 10. The van der Waals surface area contributed by atoms with Gasteiger partial charge in [0.2, 0.25) is 47.3 Å². The molecule has 2 aliphatic heterocycles. The van der Waals surface area contributed by atoms with E-state index in [-0.39, 0.29) is 94.4 Å². The molecule has 378 valence electrons. The van der Waals surface area contributed by atoms with Crippen molar-refractivity contribution in [2.75, 3.05) is 13.1 Å². The molecule has 7 atom stereocenters. The fourth-order valence-electron chi connectivity index (χ4n) is 8.81. The minimum Gasteiger partial charge on any atom is -0.370 e. The van der Waals surface area contributed by atoms with E-state index < -0.39 is 77.6 Å². The van der Waals surface area contributed by atoms with E-state index in [0.29, 0.717) is 30.5 Å². The molecule has 0 radical (unpaired) electrons. The number of nitrogens with two attached hydrogens (primary N) is 3. The Bertz CT molecular complexity index is 2370. The number of para-hydroxylation sites is 1. The Labute approximate surface area is 407 Å². The van der Waals surface area contributed by atoms with Gasteiger partial charge in [0.1, 0.15) is 42.0 Å². The van der Waals surface area contributed by atoms with Crippen LogP contribution in [0.1, 0.15) is 102 Å². The fourth-order valence-corrected chi connectivity index (χ4v) is 8.81. The van der Waals surface area contributed by atoms with Gasteiger partial charge in [-0.1, -0.05) is 55.0 Å². The summed E-state index contributed by atoms with van der Waals surface area (Å²) >= 11 is 0. The van der Waals surface area contributed by atoms with Crippen molar-refractivity contribution in [3.63, 3.8) is 0 Å². The van der Waals surface area contributed by atoms with Crippen molar-refractivity contribution < 1.29 is 43.2 Å². The first-order chi connectivity index (χ1) is 33.5. The molecular formula is C49H68N12O9. The van der Waals surface area contributed by atoms with E-state index in [1.54, 1.807) is 41.4 Å². The number of benzene rings is 2. The number of primary amides is 1. The average Bonchev–Trinajstić information content (AvgIpc) is 3.95. The topological polar surface area (TPSA) is 335 Å². The third-order valence-electron chi connectivity index (χ3n) is 12.6. The van der Waals surface area contributed by atoms with Gasteiger partial charge in [-0.25, -0.2) is 0 Å². The number of rotatable bonds is 13. The van der Waals surface area contributed by atoms with Crippen LogP contribution in [0, 0.1) is 0 Å². The molecule has 8 amide bonds. The second-order valence-electron chi connectivity index (χ2n) is 18.1. The monoisotopic (exact) mass is 969 g/mol. The summed E-state index contributed by atoms with van der Waals surface area (Å²) in [6, 6.07) is 8.36. The van der Waals surface area contributed by atoms with Gasteiger partial charge in [-0.3, -0.25) is 48.1 Å². The molecule has 3 aromatic rings. The smallest absolute Gasteiger partial charge is 0.245 e. The fraction of sp³-hybridized carbons (Fsp3) is 0.510. The molecule has 2 fully saturated rings. The van der Waals surface area contributed by atoms with Gasteiger partial charge < -0.3 is 59.0 Å². The normalized spacial score (nSPS) is 23.8. The Kier molecular flexibility index (Phi) is 20.3. The van der Waals surface area contributed by atoms with Crippen molar-refractivity contribution in [2.24, 2.45) is 22.2 Å². The maximum absolute atomic E-state index is 14.7. The number of fused-ring (bicyclic) bond motifs is 1. The van der Waals surface area contributed by atoms with Crippen LogP contribution in [0.25, 0.3) is 10.9 Å². The number of aromatic nitrogens is 1. The van der Waals surface area contributed by atoms with Crippen LogP contribution in [0.5, 0.6) is 0 Å². The quantitative estimate of drug-likeness (QED) is 0.0624. The summed E-state index contributed by atoms with van der Waals surface area (Å²) in [7, 11) is 0. The number of carbonyl (C=O) groups excluding carboxylic acids is 9. The van der Waals surface area contributed by atoms with E-state index in [4.69, 9.17) is 17.2 Å². The number of carbonyl (C=O) groups is 9. The van der Waals surface area contributed by atoms with E-state index in [1.165, 1.54) is 6.92 Å². The van der Waals surface area contributed by atoms with Gasteiger partial charge in [0.25, 0.3) is 0 Å². The highest BCUT2D eigenvalue weighted by Crippen LogP contribution is 2.22. The summed E-state index contributed by atoms with van der Waals surface area (Å²) in [4.78, 5) is 133. The van der Waals surface area contributed by atoms with Crippen molar-refractivity contribution >= 4 is 69.9 Å². The highest BCUT2D eigenvalue weighted by atomic mass is 16.2. The lowest BCUT2D eigenvalue weighted by Gasteiger charge is -2.30. The third-order valence-corrected chi connectivity index (χ3v) is 12.6. The van der Waals surface area contributed by atoms with E-state index >= 15 is 0 Å². The third kappa shape index (κ3) is 16.4. The first kappa shape index (κ1) is 53.6. The molecule has 0 spiro atoms. The van der Waals surface area contributed by atoms with Crippen molar-refractivity contribution in [2.45, 2.75) is 146 Å². The molecule has 0 bridgehead atoms. The van der Waals surface area contributed by atoms with Gasteiger partial charge in [0.15, 0.2) is 5.96 Å². The molecule has 70 heavy (non-hydrogen) atoms. The number of hydrogen-bond donors (Lipinski definition) is 10. The van der Waals surface area contributed by atoms with Crippen LogP contribution < -0.4 is 49.1 Å². The van der Waals surface area contributed by atoms with Crippen LogP contribution in [0.4, 0.5) is 0 Å². The molecule has 1 aromatic heterocycles. The molecule has 2 saturated heterocycles. The number of aliphatic imine (C=N–C) groups is 1. The molecule has 21 nitrogen and oxygen atoms in total. The maximum atomic E-state index is 14.7.